The van der Waals surface area contributed by atoms with Gasteiger partial charge in [0.05, 0.1) is 12.0 Å². The van der Waals surface area contributed by atoms with Crippen molar-refractivity contribution >= 4 is 17.5 Å². The molecule has 160 valence electrons. The molecule has 2 amide bonds. The second-order valence-corrected chi connectivity index (χ2v) is 8.03. The number of hydrogen-bond donors (Lipinski definition) is 1. The molecule has 1 aliphatic rings. The van der Waals surface area contributed by atoms with Crippen molar-refractivity contribution in [2.24, 2.45) is 5.92 Å². The molecule has 2 aromatic rings. The van der Waals surface area contributed by atoms with Crippen LogP contribution in [0.2, 0.25) is 0 Å². The van der Waals surface area contributed by atoms with Gasteiger partial charge in [-0.25, -0.2) is 0 Å². The summed E-state index contributed by atoms with van der Waals surface area (Å²) in [6.07, 6.45) is 1.81. The first kappa shape index (κ1) is 21.8. The molecule has 3 rings (SSSR count). The highest BCUT2D eigenvalue weighted by atomic mass is 16.5. The van der Waals surface area contributed by atoms with Crippen molar-refractivity contribution in [1.82, 2.24) is 9.80 Å². The summed E-state index contributed by atoms with van der Waals surface area (Å²) >= 11 is 0. The van der Waals surface area contributed by atoms with Crippen LogP contribution >= 0.6 is 0 Å². The third-order valence-corrected chi connectivity index (χ3v) is 5.54. The first-order chi connectivity index (χ1) is 14.4. The summed E-state index contributed by atoms with van der Waals surface area (Å²) < 4.78 is 5.79. The molecule has 1 heterocycles. The summed E-state index contributed by atoms with van der Waals surface area (Å²) in [5.74, 6) is 0.792. The Bertz CT molecular complexity index is 837. The Morgan fingerprint density at radius 1 is 1.13 bits per heavy atom. The zero-order valence-corrected chi connectivity index (χ0v) is 18.0. The quantitative estimate of drug-likeness (QED) is 0.761. The molecule has 0 radical (unpaired) electrons. The van der Waals surface area contributed by atoms with Gasteiger partial charge in [0.25, 0.3) is 0 Å². The van der Waals surface area contributed by atoms with E-state index in [2.05, 4.69) is 10.2 Å². The number of hydrogen-bond acceptors (Lipinski definition) is 4. The van der Waals surface area contributed by atoms with E-state index < -0.39 is 0 Å². The number of rotatable bonds is 7. The molecule has 6 nitrogen and oxygen atoms in total. The van der Waals surface area contributed by atoms with Gasteiger partial charge in [0.15, 0.2) is 0 Å². The van der Waals surface area contributed by atoms with Gasteiger partial charge in [0, 0.05) is 26.3 Å². The van der Waals surface area contributed by atoms with E-state index in [1.165, 1.54) is 0 Å². The van der Waals surface area contributed by atoms with Gasteiger partial charge >= 0.3 is 0 Å². The number of piperidine rings is 1. The minimum Gasteiger partial charge on any atom is -0.489 e. The summed E-state index contributed by atoms with van der Waals surface area (Å²) in [5, 5.41) is 2.98. The number of amides is 2. The van der Waals surface area contributed by atoms with E-state index in [1.807, 2.05) is 61.5 Å². The second kappa shape index (κ2) is 10.3. The molecule has 6 heteroatoms. The molecule has 1 saturated heterocycles. The molecule has 2 aromatic carbocycles. The monoisotopic (exact) mass is 409 g/mol. The average molecular weight is 410 g/mol. The van der Waals surface area contributed by atoms with E-state index >= 15 is 0 Å². The van der Waals surface area contributed by atoms with Gasteiger partial charge in [-0.2, -0.15) is 0 Å². The van der Waals surface area contributed by atoms with E-state index in [1.54, 1.807) is 19.0 Å². The van der Waals surface area contributed by atoms with Crippen LogP contribution in [0.5, 0.6) is 5.75 Å². The van der Waals surface area contributed by atoms with Crippen LogP contribution < -0.4 is 10.1 Å². The highest BCUT2D eigenvalue weighted by Crippen LogP contribution is 2.22. The summed E-state index contributed by atoms with van der Waals surface area (Å²) in [4.78, 5) is 28.8. The van der Waals surface area contributed by atoms with Crippen LogP contribution in [0, 0.1) is 5.92 Å². The molecule has 1 fully saturated rings. The van der Waals surface area contributed by atoms with Crippen LogP contribution in [0.3, 0.4) is 0 Å². The Morgan fingerprint density at radius 2 is 1.83 bits per heavy atom. The molecule has 0 bridgehead atoms. The van der Waals surface area contributed by atoms with E-state index in [9.17, 15) is 9.59 Å². The van der Waals surface area contributed by atoms with E-state index in [4.69, 9.17) is 4.74 Å². The number of nitrogens with one attached hydrogen (secondary N) is 1. The fourth-order valence-corrected chi connectivity index (χ4v) is 3.71. The van der Waals surface area contributed by atoms with Crippen molar-refractivity contribution in [3.8, 4) is 5.75 Å². The highest BCUT2D eigenvalue weighted by Gasteiger charge is 2.31. The van der Waals surface area contributed by atoms with Crippen LogP contribution in [0.15, 0.2) is 54.6 Å². The Labute approximate surface area is 178 Å². The predicted octanol–water partition coefficient (Wildman–Crippen LogP) is 3.39. The third kappa shape index (κ3) is 5.83. The first-order valence-corrected chi connectivity index (χ1v) is 10.5. The van der Waals surface area contributed by atoms with Gasteiger partial charge < -0.3 is 15.0 Å². The van der Waals surface area contributed by atoms with Crippen LogP contribution in [0.4, 0.5) is 5.69 Å². The third-order valence-electron chi connectivity index (χ3n) is 5.54. The Balaban J connectivity index is 1.51. The van der Waals surface area contributed by atoms with Gasteiger partial charge in [0.1, 0.15) is 12.4 Å². The molecule has 0 aromatic heterocycles. The predicted molar refractivity (Wildman–Crippen MR) is 118 cm³/mol. The molecular formula is C24H31N3O3. The Hall–Kier alpha value is -2.86. The topological polar surface area (TPSA) is 61.9 Å². The largest absolute Gasteiger partial charge is 0.489 e. The highest BCUT2D eigenvalue weighted by molar-refractivity contribution is 5.94. The Morgan fingerprint density at radius 3 is 2.50 bits per heavy atom. The van der Waals surface area contributed by atoms with E-state index in [0.29, 0.717) is 13.2 Å². The fraction of sp³-hybridized carbons (Fsp3) is 0.417. The van der Waals surface area contributed by atoms with Crippen molar-refractivity contribution < 1.29 is 14.3 Å². The molecular weight excluding hydrogens is 378 g/mol. The normalized spacial score (nSPS) is 17.8. The minimum absolute atomic E-state index is 0.0370. The van der Waals surface area contributed by atoms with Crippen molar-refractivity contribution in [2.45, 2.75) is 32.4 Å². The van der Waals surface area contributed by atoms with Crippen LogP contribution in [0.1, 0.15) is 25.3 Å². The molecule has 0 aliphatic carbocycles. The van der Waals surface area contributed by atoms with Gasteiger partial charge in [-0.1, -0.05) is 30.3 Å². The molecule has 0 unspecified atom stereocenters. The average Bonchev–Trinajstić information content (AvgIpc) is 2.78. The minimum atomic E-state index is -0.295. The molecule has 30 heavy (non-hydrogen) atoms. The Kier molecular flexibility index (Phi) is 7.46. The number of likely N-dealkylation sites (tertiary alicyclic amines) is 1. The van der Waals surface area contributed by atoms with Crippen molar-refractivity contribution in [3.63, 3.8) is 0 Å². The summed E-state index contributed by atoms with van der Waals surface area (Å²) in [5.41, 5.74) is 1.84. The van der Waals surface area contributed by atoms with Crippen LogP contribution in [0.25, 0.3) is 0 Å². The lowest BCUT2D eigenvalue weighted by Crippen LogP contribution is -2.49. The zero-order chi connectivity index (χ0) is 21.5. The number of nitrogens with zero attached hydrogens (tertiary/aromatic N) is 2. The van der Waals surface area contributed by atoms with Crippen LogP contribution in [-0.2, 0) is 16.2 Å². The fourth-order valence-electron chi connectivity index (χ4n) is 3.71. The smallest absolute Gasteiger partial charge is 0.241 e. The molecule has 0 spiro atoms. The number of carbonyl (C=O) groups is 2. The summed E-state index contributed by atoms with van der Waals surface area (Å²) in [6.45, 7) is 3.86. The zero-order valence-electron chi connectivity index (χ0n) is 18.0. The van der Waals surface area contributed by atoms with Gasteiger partial charge in [-0.3, -0.25) is 14.5 Å². The SMILES string of the molecule is C[C@@H](C(=O)Nc1ccc(OCc2ccccc2)cc1)N1CCC[C@H](C(=O)N(C)C)C1. The molecule has 1 aliphatic heterocycles. The lowest BCUT2D eigenvalue weighted by atomic mass is 9.95. The maximum absolute atomic E-state index is 12.7. The maximum Gasteiger partial charge on any atom is 0.241 e. The van der Waals surface area contributed by atoms with Crippen molar-refractivity contribution in [2.75, 3.05) is 32.5 Å². The van der Waals surface area contributed by atoms with Crippen LogP contribution in [-0.4, -0.2) is 54.8 Å². The van der Waals surface area contributed by atoms with E-state index in [0.717, 1.165) is 36.4 Å². The standard InChI is InChI=1S/C24H31N3O3/c1-18(27-15-7-10-20(16-27)24(29)26(2)3)23(28)25-21-11-13-22(14-12-21)30-17-19-8-5-4-6-9-19/h4-6,8-9,11-14,18,20H,7,10,15-17H2,1-3H3,(H,25,28)/t18-,20-/m0/s1. The second-order valence-electron chi connectivity index (χ2n) is 8.03. The lowest BCUT2D eigenvalue weighted by molar-refractivity contribution is -0.136. The lowest BCUT2D eigenvalue weighted by Gasteiger charge is -2.36. The maximum atomic E-state index is 12.7. The van der Waals surface area contributed by atoms with Gasteiger partial charge in [-0.05, 0) is 56.1 Å². The van der Waals surface area contributed by atoms with E-state index in [-0.39, 0.29) is 23.8 Å². The molecule has 2 atom stereocenters. The molecule has 0 saturated carbocycles. The van der Waals surface area contributed by atoms with Gasteiger partial charge in [0.2, 0.25) is 11.8 Å². The number of carbonyl (C=O) groups excluding carboxylic acids is 2. The molecule has 1 N–H and O–H groups in total. The summed E-state index contributed by atoms with van der Waals surface area (Å²) in [7, 11) is 3.56. The number of benzene rings is 2. The van der Waals surface area contributed by atoms with Gasteiger partial charge in [-0.15, -0.1) is 0 Å². The van der Waals surface area contributed by atoms with Crippen molar-refractivity contribution in [3.05, 3.63) is 60.2 Å². The summed E-state index contributed by atoms with van der Waals surface area (Å²) in [6, 6.07) is 17.1. The number of anilines is 1. The first-order valence-electron chi connectivity index (χ1n) is 10.5. The number of ether oxygens (including phenoxy) is 1. The van der Waals surface area contributed by atoms with Crippen molar-refractivity contribution in [1.29, 1.82) is 0 Å².